The molecular weight excluding hydrogens is 288 g/mol. The van der Waals surface area contributed by atoms with E-state index in [-0.39, 0.29) is 16.4 Å². The summed E-state index contributed by atoms with van der Waals surface area (Å²) in [5.41, 5.74) is 6.32. The van der Waals surface area contributed by atoms with Gasteiger partial charge in [0.1, 0.15) is 10.6 Å². The Bertz CT molecular complexity index is 611. The number of rotatable bonds is 5. The van der Waals surface area contributed by atoms with Crippen LogP contribution in [-0.4, -0.2) is 21.1 Å². The van der Waals surface area contributed by atoms with Crippen molar-refractivity contribution < 1.29 is 13.2 Å². The number of ether oxygens (including phenoxy) is 1. The molecule has 0 saturated heterocycles. The minimum Gasteiger partial charge on any atom is -0.492 e. The molecule has 1 aromatic carbocycles. The molecule has 2 rings (SSSR count). The molecule has 1 aliphatic carbocycles. The monoisotopic (exact) mass is 312 g/mol. The molecule has 5 nitrogen and oxygen atoms in total. The maximum absolute atomic E-state index is 12.6. The number of sulfonamides is 1. The zero-order chi connectivity index (χ0) is 15.7. The van der Waals surface area contributed by atoms with Gasteiger partial charge in [0, 0.05) is 11.7 Å². The summed E-state index contributed by atoms with van der Waals surface area (Å²) >= 11 is 0. The van der Waals surface area contributed by atoms with Crippen LogP contribution in [0.3, 0.4) is 0 Å². The molecule has 1 aromatic rings. The van der Waals surface area contributed by atoms with Crippen molar-refractivity contribution in [3.05, 3.63) is 18.2 Å². The molecule has 0 amide bonds. The molecule has 0 bridgehead atoms. The average Bonchev–Trinajstić information content (AvgIpc) is 2.70. The van der Waals surface area contributed by atoms with E-state index in [2.05, 4.69) is 18.6 Å². The SMILES string of the molecule is CCOc1ccc(N)cc1S(=O)(=O)NC1CCC(C)(C)C1. The van der Waals surface area contributed by atoms with E-state index >= 15 is 0 Å². The molecule has 0 spiro atoms. The normalized spacial score (nSPS) is 21.4. The van der Waals surface area contributed by atoms with Crippen LogP contribution in [-0.2, 0) is 10.0 Å². The maximum atomic E-state index is 12.6. The van der Waals surface area contributed by atoms with E-state index in [0.717, 1.165) is 19.3 Å². The molecule has 0 aliphatic heterocycles. The summed E-state index contributed by atoms with van der Waals surface area (Å²) in [5.74, 6) is 0.344. The third-order valence-electron chi connectivity index (χ3n) is 3.85. The predicted molar refractivity (Wildman–Crippen MR) is 83.8 cm³/mol. The number of benzene rings is 1. The molecule has 1 atom stereocenters. The van der Waals surface area contributed by atoms with Crippen LogP contribution < -0.4 is 15.2 Å². The summed E-state index contributed by atoms with van der Waals surface area (Å²) in [5, 5.41) is 0. The Balaban J connectivity index is 2.25. The Morgan fingerprint density at radius 1 is 1.43 bits per heavy atom. The first-order valence-electron chi connectivity index (χ1n) is 7.28. The summed E-state index contributed by atoms with van der Waals surface area (Å²) < 4.78 is 33.4. The highest BCUT2D eigenvalue weighted by Crippen LogP contribution is 2.38. The van der Waals surface area contributed by atoms with Gasteiger partial charge in [0.25, 0.3) is 0 Å². The van der Waals surface area contributed by atoms with Crippen LogP contribution >= 0.6 is 0 Å². The smallest absolute Gasteiger partial charge is 0.244 e. The first-order chi connectivity index (χ1) is 9.73. The lowest BCUT2D eigenvalue weighted by molar-refractivity contribution is 0.331. The Hall–Kier alpha value is -1.27. The van der Waals surface area contributed by atoms with E-state index in [4.69, 9.17) is 10.5 Å². The molecule has 3 N–H and O–H groups in total. The largest absolute Gasteiger partial charge is 0.492 e. The molecule has 1 fully saturated rings. The number of nitrogens with two attached hydrogens (primary N) is 1. The van der Waals surface area contributed by atoms with Crippen molar-refractivity contribution in [2.75, 3.05) is 12.3 Å². The number of nitrogens with one attached hydrogen (secondary N) is 1. The van der Waals surface area contributed by atoms with Gasteiger partial charge in [0.2, 0.25) is 10.0 Å². The Morgan fingerprint density at radius 2 is 2.14 bits per heavy atom. The summed E-state index contributed by atoms with van der Waals surface area (Å²) in [6, 6.07) is 4.67. The van der Waals surface area contributed by atoms with Gasteiger partial charge in [-0.1, -0.05) is 13.8 Å². The molecule has 0 radical (unpaired) electrons. The first kappa shape index (κ1) is 16.1. The van der Waals surface area contributed by atoms with E-state index in [0.29, 0.717) is 18.0 Å². The van der Waals surface area contributed by atoms with Crippen molar-refractivity contribution in [2.24, 2.45) is 5.41 Å². The fraction of sp³-hybridized carbons (Fsp3) is 0.600. The lowest BCUT2D eigenvalue weighted by atomic mass is 9.92. The average molecular weight is 312 g/mol. The number of hydrogen-bond acceptors (Lipinski definition) is 4. The molecule has 0 heterocycles. The summed E-state index contributed by atoms with van der Waals surface area (Å²) in [7, 11) is -3.62. The minimum atomic E-state index is -3.62. The molecule has 118 valence electrons. The minimum absolute atomic E-state index is 0.0269. The second-order valence-electron chi connectivity index (χ2n) is 6.36. The van der Waals surface area contributed by atoms with Crippen molar-refractivity contribution in [2.45, 2.75) is 51.0 Å². The fourth-order valence-electron chi connectivity index (χ4n) is 2.83. The Kier molecular flexibility index (Phi) is 4.49. The number of anilines is 1. The zero-order valence-corrected chi connectivity index (χ0v) is 13.7. The second-order valence-corrected chi connectivity index (χ2v) is 8.05. The highest BCUT2D eigenvalue weighted by atomic mass is 32.2. The topological polar surface area (TPSA) is 81.4 Å². The van der Waals surface area contributed by atoms with Gasteiger partial charge in [-0.3, -0.25) is 0 Å². The number of nitrogen functional groups attached to an aromatic ring is 1. The van der Waals surface area contributed by atoms with E-state index in [1.807, 2.05) is 6.92 Å². The third-order valence-corrected chi connectivity index (χ3v) is 5.39. The van der Waals surface area contributed by atoms with Gasteiger partial charge in [-0.05, 0) is 49.8 Å². The molecule has 21 heavy (non-hydrogen) atoms. The van der Waals surface area contributed by atoms with Crippen LogP contribution in [0.2, 0.25) is 0 Å². The molecular formula is C15H24N2O3S. The standard InChI is InChI=1S/C15H24N2O3S/c1-4-20-13-6-5-11(16)9-14(13)21(18,19)17-12-7-8-15(2,3)10-12/h5-6,9,12,17H,4,7-8,10,16H2,1-3H3. The summed E-state index contributed by atoms with van der Waals surface area (Å²) in [6.07, 6.45) is 2.73. The summed E-state index contributed by atoms with van der Waals surface area (Å²) in [6.45, 7) is 6.55. The van der Waals surface area contributed by atoms with Crippen molar-refractivity contribution >= 4 is 15.7 Å². The fourth-order valence-corrected chi connectivity index (χ4v) is 4.28. The predicted octanol–water partition coefficient (Wildman–Crippen LogP) is 2.52. The van der Waals surface area contributed by atoms with Gasteiger partial charge < -0.3 is 10.5 Å². The lowest BCUT2D eigenvalue weighted by Crippen LogP contribution is -2.33. The van der Waals surface area contributed by atoms with Crippen molar-refractivity contribution in [3.8, 4) is 5.75 Å². The van der Waals surface area contributed by atoms with E-state index in [9.17, 15) is 8.42 Å². The third kappa shape index (κ3) is 3.89. The van der Waals surface area contributed by atoms with Crippen LogP contribution in [0, 0.1) is 5.41 Å². The van der Waals surface area contributed by atoms with E-state index in [1.165, 1.54) is 6.07 Å². The maximum Gasteiger partial charge on any atom is 0.244 e. The first-order valence-corrected chi connectivity index (χ1v) is 8.76. The van der Waals surface area contributed by atoms with Gasteiger partial charge in [0.15, 0.2) is 0 Å². The van der Waals surface area contributed by atoms with Crippen LogP contribution in [0.15, 0.2) is 23.1 Å². The van der Waals surface area contributed by atoms with Crippen LogP contribution in [0.5, 0.6) is 5.75 Å². The van der Waals surface area contributed by atoms with Gasteiger partial charge in [0.05, 0.1) is 6.61 Å². The van der Waals surface area contributed by atoms with Gasteiger partial charge in [-0.25, -0.2) is 13.1 Å². The van der Waals surface area contributed by atoms with Crippen molar-refractivity contribution in [3.63, 3.8) is 0 Å². The second kappa shape index (κ2) is 5.85. The summed E-state index contributed by atoms with van der Waals surface area (Å²) in [4.78, 5) is 0.119. The Labute approximate surface area is 126 Å². The van der Waals surface area contributed by atoms with Gasteiger partial charge in [-0.2, -0.15) is 0 Å². The zero-order valence-electron chi connectivity index (χ0n) is 12.8. The molecule has 0 aromatic heterocycles. The van der Waals surface area contributed by atoms with Gasteiger partial charge in [-0.15, -0.1) is 0 Å². The van der Waals surface area contributed by atoms with Crippen molar-refractivity contribution in [1.29, 1.82) is 0 Å². The van der Waals surface area contributed by atoms with E-state index in [1.54, 1.807) is 12.1 Å². The number of hydrogen-bond donors (Lipinski definition) is 2. The molecule has 1 saturated carbocycles. The van der Waals surface area contributed by atoms with Gasteiger partial charge >= 0.3 is 0 Å². The molecule has 1 aliphatic rings. The van der Waals surface area contributed by atoms with Crippen LogP contribution in [0.25, 0.3) is 0 Å². The molecule has 6 heteroatoms. The Morgan fingerprint density at radius 3 is 2.71 bits per heavy atom. The molecule has 1 unspecified atom stereocenters. The highest BCUT2D eigenvalue weighted by Gasteiger charge is 2.34. The highest BCUT2D eigenvalue weighted by molar-refractivity contribution is 7.89. The van der Waals surface area contributed by atoms with Crippen molar-refractivity contribution in [1.82, 2.24) is 4.72 Å². The van der Waals surface area contributed by atoms with Crippen LogP contribution in [0.1, 0.15) is 40.0 Å². The lowest BCUT2D eigenvalue weighted by Gasteiger charge is -2.19. The van der Waals surface area contributed by atoms with Crippen LogP contribution in [0.4, 0.5) is 5.69 Å². The van der Waals surface area contributed by atoms with E-state index < -0.39 is 10.0 Å². The quantitative estimate of drug-likeness (QED) is 0.819.